The number of phenols is 2. The van der Waals surface area contributed by atoms with Crippen molar-refractivity contribution < 1.29 is 23.9 Å². The third-order valence-corrected chi connectivity index (χ3v) is 4.30. The molecular formula is C15H16O5S. The lowest BCUT2D eigenvalue weighted by Gasteiger charge is -2.14. The number of methoxy groups -OCH3 is 2. The van der Waals surface area contributed by atoms with Crippen LogP contribution in [-0.4, -0.2) is 28.6 Å². The van der Waals surface area contributed by atoms with Crippen LogP contribution in [0.5, 0.6) is 23.0 Å². The molecule has 0 amide bonds. The van der Waals surface area contributed by atoms with E-state index in [0.717, 1.165) is 0 Å². The molecule has 0 fully saturated rings. The van der Waals surface area contributed by atoms with Gasteiger partial charge in [0.15, 0.2) is 0 Å². The van der Waals surface area contributed by atoms with Gasteiger partial charge in [-0.3, -0.25) is 0 Å². The molecule has 0 radical (unpaired) electrons. The van der Waals surface area contributed by atoms with Gasteiger partial charge in [0.1, 0.15) is 23.0 Å². The molecule has 5 nitrogen and oxygen atoms in total. The summed E-state index contributed by atoms with van der Waals surface area (Å²) in [5.74, 6) is 0.418. The van der Waals surface area contributed by atoms with E-state index in [1.165, 1.54) is 25.7 Å². The average molecular weight is 308 g/mol. The first-order chi connectivity index (χ1) is 10.0. The smallest absolute Gasteiger partial charge is 0.144 e. The fourth-order valence-electron chi connectivity index (χ4n) is 2.13. The molecule has 2 aromatic rings. The normalized spacial score (nSPS) is 12.7. The van der Waals surface area contributed by atoms with E-state index in [-0.39, 0.29) is 21.8 Å². The molecule has 0 aliphatic carbocycles. The first kappa shape index (κ1) is 15.2. The summed E-state index contributed by atoms with van der Waals surface area (Å²) in [5, 5.41) is 22.7. The fraction of sp³-hybridized carbons (Fsp3) is 0.200. The van der Waals surface area contributed by atoms with Crippen LogP contribution in [0.25, 0.3) is 10.8 Å². The Kier molecular flexibility index (Phi) is 4.37. The minimum atomic E-state index is -1.57. The van der Waals surface area contributed by atoms with Crippen molar-refractivity contribution in [3.05, 3.63) is 29.7 Å². The first-order valence-corrected chi connectivity index (χ1v) is 7.39. The quantitative estimate of drug-likeness (QED) is 0.849. The molecule has 0 saturated heterocycles. The minimum absolute atomic E-state index is 0.115. The molecule has 0 aliphatic rings. The summed E-state index contributed by atoms with van der Waals surface area (Å²) in [5.41, 5.74) is 0. The Morgan fingerprint density at radius 1 is 1.10 bits per heavy atom. The predicted molar refractivity (Wildman–Crippen MR) is 81.6 cm³/mol. The van der Waals surface area contributed by atoms with Gasteiger partial charge >= 0.3 is 0 Å². The van der Waals surface area contributed by atoms with Crippen molar-refractivity contribution >= 4 is 21.6 Å². The summed E-state index contributed by atoms with van der Waals surface area (Å²) < 4.78 is 22.5. The van der Waals surface area contributed by atoms with Crippen LogP contribution in [0, 0.1) is 0 Å². The predicted octanol–water partition coefficient (Wildman–Crippen LogP) is 2.91. The van der Waals surface area contributed by atoms with Crippen LogP contribution in [-0.2, 0) is 10.8 Å². The summed E-state index contributed by atoms with van der Waals surface area (Å²) in [7, 11) is 1.35. The molecule has 0 aliphatic heterocycles. The summed E-state index contributed by atoms with van der Waals surface area (Å²) in [6.07, 6.45) is 1.61. The van der Waals surface area contributed by atoms with E-state index in [4.69, 9.17) is 9.47 Å². The second kappa shape index (κ2) is 6.05. The van der Waals surface area contributed by atoms with E-state index in [0.29, 0.717) is 16.9 Å². The van der Waals surface area contributed by atoms with Crippen molar-refractivity contribution in [1.29, 1.82) is 0 Å². The molecule has 2 aromatic carbocycles. The number of aromatic hydroxyl groups is 2. The Balaban J connectivity index is 2.91. The van der Waals surface area contributed by atoms with Gasteiger partial charge in [0.2, 0.25) is 0 Å². The first-order valence-electron chi connectivity index (χ1n) is 6.18. The second-order valence-corrected chi connectivity index (χ2v) is 5.54. The molecular weight excluding hydrogens is 292 g/mol. The molecule has 0 spiro atoms. The SMILES string of the molecule is CC=CS(=O)c1cc(O)c2c(OC)ccc(OC)c2c1O. The Hall–Kier alpha value is -2.21. The number of hydrogen-bond acceptors (Lipinski definition) is 5. The summed E-state index contributed by atoms with van der Waals surface area (Å²) in [6, 6.07) is 4.52. The molecule has 21 heavy (non-hydrogen) atoms. The highest BCUT2D eigenvalue weighted by molar-refractivity contribution is 7.88. The van der Waals surface area contributed by atoms with Crippen LogP contribution >= 0.6 is 0 Å². The highest BCUT2D eigenvalue weighted by Crippen LogP contribution is 2.46. The lowest BCUT2D eigenvalue weighted by atomic mass is 10.1. The maximum absolute atomic E-state index is 12.1. The van der Waals surface area contributed by atoms with Crippen LogP contribution in [0.4, 0.5) is 0 Å². The number of allylic oxidation sites excluding steroid dienone is 1. The Morgan fingerprint density at radius 3 is 2.19 bits per heavy atom. The maximum atomic E-state index is 12.1. The number of rotatable bonds is 4. The van der Waals surface area contributed by atoms with Gasteiger partial charge in [-0.15, -0.1) is 0 Å². The van der Waals surface area contributed by atoms with E-state index >= 15 is 0 Å². The Bertz CT molecular complexity index is 737. The van der Waals surface area contributed by atoms with Crippen molar-refractivity contribution in [2.24, 2.45) is 0 Å². The number of benzene rings is 2. The van der Waals surface area contributed by atoms with Gasteiger partial charge in [0.25, 0.3) is 0 Å². The minimum Gasteiger partial charge on any atom is -0.507 e. The fourth-order valence-corrected chi connectivity index (χ4v) is 3.05. The van der Waals surface area contributed by atoms with Gasteiger partial charge in [-0.1, -0.05) is 6.08 Å². The van der Waals surface area contributed by atoms with Crippen molar-refractivity contribution in [1.82, 2.24) is 0 Å². The van der Waals surface area contributed by atoms with Crippen LogP contribution in [0.1, 0.15) is 6.92 Å². The zero-order valence-electron chi connectivity index (χ0n) is 11.9. The largest absolute Gasteiger partial charge is 0.507 e. The highest BCUT2D eigenvalue weighted by atomic mass is 32.2. The van der Waals surface area contributed by atoms with Gasteiger partial charge in [-0.25, -0.2) is 4.21 Å². The molecule has 1 unspecified atom stereocenters. The van der Waals surface area contributed by atoms with Gasteiger partial charge in [-0.2, -0.15) is 0 Å². The van der Waals surface area contributed by atoms with E-state index in [1.54, 1.807) is 25.1 Å². The van der Waals surface area contributed by atoms with Crippen LogP contribution in [0.15, 0.2) is 34.6 Å². The Labute approximate surface area is 124 Å². The molecule has 0 heterocycles. The van der Waals surface area contributed by atoms with Crippen molar-refractivity contribution in [3.63, 3.8) is 0 Å². The number of fused-ring (bicyclic) bond motifs is 1. The number of phenolic OH excluding ortho intramolecular Hbond substituents is 2. The van der Waals surface area contributed by atoms with Gasteiger partial charge < -0.3 is 19.7 Å². The summed E-state index contributed by atoms with van der Waals surface area (Å²) in [6.45, 7) is 1.72. The molecule has 0 aromatic heterocycles. The highest BCUT2D eigenvalue weighted by Gasteiger charge is 2.20. The van der Waals surface area contributed by atoms with E-state index < -0.39 is 10.8 Å². The van der Waals surface area contributed by atoms with Gasteiger partial charge in [-0.05, 0) is 19.1 Å². The van der Waals surface area contributed by atoms with Crippen LogP contribution in [0.3, 0.4) is 0 Å². The standard InChI is InChI=1S/C15H16O5S/c1-4-7-21(18)12-8-9(16)13-10(19-2)5-6-11(20-3)14(13)15(12)17/h4-8,16-17H,1-3H3. The zero-order chi connectivity index (χ0) is 15.6. The molecule has 2 rings (SSSR count). The third kappa shape index (κ3) is 2.54. The molecule has 112 valence electrons. The number of hydrogen-bond donors (Lipinski definition) is 2. The van der Waals surface area contributed by atoms with Crippen molar-refractivity contribution in [3.8, 4) is 23.0 Å². The third-order valence-electron chi connectivity index (χ3n) is 3.04. The molecule has 2 N–H and O–H groups in total. The summed E-state index contributed by atoms with van der Waals surface area (Å²) in [4.78, 5) is 0.115. The number of ether oxygens (including phenoxy) is 2. The topological polar surface area (TPSA) is 76.0 Å². The lowest BCUT2D eigenvalue weighted by Crippen LogP contribution is -1.94. The zero-order valence-corrected chi connectivity index (χ0v) is 12.7. The van der Waals surface area contributed by atoms with Gasteiger partial charge in [0, 0.05) is 11.5 Å². The molecule has 0 bridgehead atoms. The van der Waals surface area contributed by atoms with E-state index in [2.05, 4.69) is 0 Å². The monoisotopic (exact) mass is 308 g/mol. The molecule has 0 saturated carbocycles. The maximum Gasteiger partial charge on any atom is 0.144 e. The summed E-state index contributed by atoms with van der Waals surface area (Å²) >= 11 is 0. The van der Waals surface area contributed by atoms with Gasteiger partial charge in [0.05, 0.1) is 40.7 Å². The van der Waals surface area contributed by atoms with Crippen molar-refractivity contribution in [2.45, 2.75) is 11.8 Å². The average Bonchev–Trinajstić information content (AvgIpc) is 2.49. The van der Waals surface area contributed by atoms with Crippen LogP contribution < -0.4 is 9.47 Å². The molecule has 6 heteroatoms. The second-order valence-electron chi connectivity index (χ2n) is 4.23. The van der Waals surface area contributed by atoms with E-state index in [9.17, 15) is 14.4 Å². The Morgan fingerprint density at radius 2 is 1.67 bits per heavy atom. The van der Waals surface area contributed by atoms with E-state index in [1.807, 2.05) is 0 Å². The molecule has 1 atom stereocenters. The lowest BCUT2D eigenvalue weighted by molar-refractivity contribution is 0.403. The van der Waals surface area contributed by atoms with Crippen molar-refractivity contribution in [2.75, 3.05) is 14.2 Å². The van der Waals surface area contributed by atoms with Crippen LogP contribution in [0.2, 0.25) is 0 Å².